The summed E-state index contributed by atoms with van der Waals surface area (Å²) in [4.78, 5) is 23.1. The molecule has 0 unspecified atom stereocenters. The van der Waals surface area contributed by atoms with Crippen LogP contribution < -0.4 is 0 Å². The molecule has 1 saturated heterocycles. The molecule has 0 radical (unpaired) electrons. The van der Waals surface area contributed by atoms with Gasteiger partial charge in [-0.2, -0.15) is 0 Å². The van der Waals surface area contributed by atoms with Crippen molar-refractivity contribution in [2.45, 2.75) is 19.3 Å². The molecular weight excluding hydrogens is 160 g/mol. The van der Waals surface area contributed by atoms with Crippen LogP contribution in [0.4, 0.5) is 0 Å². The van der Waals surface area contributed by atoms with E-state index >= 15 is 0 Å². The van der Waals surface area contributed by atoms with E-state index < -0.39 is 0 Å². The van der Waals surface area contributed by atoms with E-state index in [9.17, 15) is 14.8 Å². The third-order valence-corrected chi connectivity index (χ3v) is 1.68. The smallest absolute Gasteiger partial charge is 0.320 e. The Kier molecular flexibility index (Phi) is 2.64. The predicted molar refractivity (Wildman–Crippen MR) is 41.2 cm³/mol. The normalized spacial score (nSPS) is 17.2. The van der Waals surface area contributed by atoms with Crippen molar-refractivity contribution in [2.24, 2.45) is 0 Å². The number of carbonyl (C=O) groups excluding carboxylic acids is 2. The van der Waals surface area contributed by atoms with Crippen molar-refractivity contribution in [2.75, 3.05) is 6.54 Å². The Labute approximate surface area is 69.4 Å². The highest BCUT2D eigenvalue weighted by Gasteiger charge is 2.26. The first-order chi connectivity index (χ1) is 5.75. The number of hydrogen-bond acceptors (Lipinski definition) is 3. The van der Waals surface area contributed by atoms with Gasteiger partial charge in [0.2, 0.25) is 11.8 Å². The minimum Gasteiger partial charge on any atom is -0.498 e. The maximum atomic E-state index is 11.0. The van der Waals surface area contributed by atoms with Crippen LogP contribution in [0.2, 0.25) is 0 Å². The molecule has 1 heterocycles. The molecule has 5 heteroatoms. The van der Waals surface area contributed by atoms with E-state index in [1.165, 1.54) is 0 Å². The Morgan fingerprint density at radius 2 is 2.00 bits per heavy atom. The zero-order valence-corrected chi connectivity index (χ0v) is 6.45. The number of nitrogens with zero attached hydrogens (tertiary/aromatic N) is 2. The summed E-state index contributed by atoms with van der Waals surface area (Å²) in [5.41, 5.74) is 0. The van der Waals surface area contributed by atoms with E-state index in [0.717, 1.165) is 4.90 Å². The van der Waals surface area contributed by atoms with Crippen LogP contribution in [0.25, 0.3) is 5.01 Å². The van der Waals surface area contributed by atoms with Crippen molar-refractivity contribution in [3.63, 3.8) is 0 Å². The third-order valence-electron chi connectivity index (χ3n) is 1.68. The fourth-order valence-corrected chi connectivity index (χ4v) is 1.08. The van der Waals surface area contributed by atoms with Gasteiger partial charge in [0.15, 0.2) is 6.54 Å². The lowest BCUT2D eigenvalue weighted by Gasteiger charge is -2.20. The lowest BCUT2D eigenvalue weighted by atomic mass is 10.1. The summed E-state index contributed by atoms with van der Waals surface area (Å²) in [5.74, 6) is -0.496. The van der Waals surface area contributed by atoms with Crippen LogP contribution in [0.5, 0.6) is 0 Å². The van der Waals surface area contributed by atoms with Crippen LogP contribution >= 0.6 is 0 Å². The summed E-state index contributed by atoms with van der Waals surface area (Å²) < 4.78 is 0. The van der Waals surface area contributed by atoms with Crippen LogP contribution in [0.1, 0.15) is 19.3 Å². The molecule has 1 aliphatic rings. The molecule has 0 aliphatic carbocycles. The lowest BCUT2D eigenvalue weighted by Crippen LogP contribution is -2.40. The number of imide groups is 1. The summed E-state index contributed by atoms with van der Waals surface area (Å²) in [6.45, 7) is -0.110. The molecular formula is C7H8N2O3. The highest BCUT2D eigenvalue weighted by Crippen LogP contribution is 2.10. The van der Waals surface area contributed by atoms with Crippen molar-refractivity contribution in [1.82, 2.24) is 4.90 Å². The molecule has 0 N–H and O–H groups in total. The molecule has 1 fully saturated rings. The van der Waals surface area contributed by atoms with E-state index in [1.807, 2.05) is 6.07 Å². The second kappa shape index (κ2) is 3.72. The zero-order chi connectivity index (χ0) is 8.97. The minimum atomic E-state index is -0.248. The molecule has 0 bridgehead atoms. The van der Waals surface area contributed by atoms with Crippen molar-refractivity contribution in [3.05, 3.63) is 10.2 Å². The van der Waals surface area contributed by atoms with Gasteiger partial charge < -0.3 is 5.21 Å². The first-order valence-corrected chi connectivity index (χ1v) is 3.64. The predicted octanol–water partition coefficient (Wildman–Crippen LogP) is 0.356. The first-order valence-electron chi connectivity index (χ1n) is 3.64. The van der Waals surface area contributed by atoms with Gasteiger partial charge in [-0.25, -0.2) is 0 Å². The number of hydrogen-bond donors (Lipinski definition) is 0. The van der Waals surface area contributed by atoms with Crippen molar-refractivity contribution >= 4 is 11.8 Å². The van der Waals surface area contributed by atoms with Gasteiger partial charge >= 0.3 is 6.07 Å². The van der Waals surface area contributed by atoms with E-state index in [4.69, 9.17) is 0 Å². The van der Waals surface area contributed by atoms with Crippen molar-refractivity contribution < 1.29 is 9.59 Å². The Morgan fingerprint density at radius 1 is 1.42 bits per heavy atom. The largest absolute Gasteiger partial charge is 0.498 e. The topological polar surface area (TPSA) is 64.8 Å². The molecule has 0 aromatic rings. The maximum Gasteiger partial charge on any atom is 0.320 e. The molecule has 0 spiro atoms. The maximum absolute atomic E-state index is 11.0. The fraction of sp³-hybridized carbons (Fsp3) is 0.571. The zero-order valence-electron chi connectivity index (χ0n) is 6.45. The van der Waals surface area contributed by atoms with Crippen molar-refractivity contribution in [1.29, 1.82) is 0 Å². The van der Waals surface area contributed by atoms with Gasteiger partial charge in [0.25, 0.3) is 0 Å². The third kappa shape index (κ3) is 1.72. The summed E-state index contributed by atoms with van der Waals surface area (Å²) in [5, 5.41) is 12.0. The van der Waals surface area contributed by atoms with Crippen LogP contribution in [0.15, 0.2) is 0 Å². The highest BCUT2D eigenvalue weighted by atomic mass is 16.4. The Hall–Kier alpha value is -1.57. The average Bonchev–Trinajstić information content (AvgIpc) is 2.04. The highest BCUT2D eigenvalue weighted by molar-refractivity contribution is 5.97. The summed E-state index contributed by atoms with van der Waals surface area (Å²) in [7, 11) is 0. The summed E-state index contributed by atoms with van der Waals surface area (Å²) in [6.07, 6.45) is 1.33. The van der Waals surface area contributed by atoms with Crippen LogP contribution in [-0.2, 0) is 9.59 Å². The number of rotatable bonds is 1. The second-order valence-electron chi connectivity index (χ2n) is 2.48. The molecule has 0 atom stereocenters. The molecule has 64 valence electrons. The standard InChI is InChI=1S/C7H8N2O3/c10-6-2-1-3-7(11)9(6)5-4-8-12/h1-3,5H2. The molecule has 5 nitrogen and oxygen atoms in total. The van der Waals surface area contributed by atoms with Gasteiger partial charge in [0, 0.05) is 17.8 Å². The Balaban J connectivity index is 2.61. The van der Waals surface area contributed by atoms with E-state index in [-0.39, 0.29) is 18.4 Å². The molecule has 1 rings (SSSR count). The Morgan fingerprint density at radius 3 is 2.50 bits per heavy atom. The number of carbonyl (C=O) groups is 2. The van der Waals surface area contributed by atoms with Gasteiger partial charge in [0.1, 0.15) is 0 Å². The number of piperidine rings is 1. The van der Waals surface area contributed by atoms with Gasteiger partial charge in [-0.3, -0.25) is 14.5 Å². The molecule has 12 heavy (non-hydrogen) atoms. The first kappa shape index (κ1) is 8.53. The van der Waals surface area contributed by atoms with Gasteiger partial charge in [-0.05, 0) is 6.42 Å². The average molecular weight is 168 g/mol. The second-order valence-corrected chi connectivity index (χ2v) is 2.48. The summed E-state index contributed by atoms with van der Waals surface area (Å²) >= 11 is 0. The Bertz CT molecular complexity index is 248. The molecule has 0 aromatic heterocycles. The number of likely N-dealkylation sites (tertiary alicyclic amines) is 1. The van der Waals surface area contributed by atoms with Gasteiger partial charge in [-0.15, -0.1) is 0 Å². The molecule has 0 saturated carbocycles. The van der Waals surface area contributed by atoms with Gasteiger partial charge in [-0.1, -0.05) is 0 Å². The van der Waals surface area contributed by atoms with E-state index in [0.29, 0.717) is 19.3 Å². The van der Waals surface area contributed by atoms with Gasteiger partial charge in [0.05, 0.1) is 0 Å². The van der Waals surface area contributed by atoms with E-state index in [2.05, 4.69) is 5.01 Å². The minimum absolute atomic E-state index is 0.110. The lowest BCUT2D eigenvalue weighted by molar-refractivity contribution is -0.147. The van der Waals surface area contributed by atoms with Crippen LogP contribution in [0, 0.1) is 11.3 Å². The molecule has 0 aromatic carbocycles. The summed E-state index contributed by atoms with van der Waals surface area (Å²) in [6, 6.07) is 2.03. The molecule has 2 amide bonds. The quantitative estimate of drug-likeness (QED) is 0.322. The van der Waals surface area contributed by atoms with Crippen molar-refractivity contribution in [3.8, 4) is 6.07 Å². The van der Waals surface area contributed by atoms with Crippen LogP contribution in [-0.4, -0.2) is 23.3 Å². The monoisotopic (exact) mass is 168 g/mol. The van der Waals surface area contributed by atoms with Crippen LogP contribution in [0.3, 0.4) is 0 Å². The SMILES string of the molecule is O=C1CCCC(=O)N1CC#[N+][O-]. The van der Waals surface area contributed by atoms with E-state index in [1.54, 1.807) is 0 Å². The molecule has 1 aliphatic heterocycles. The number of amides is 2. The fourth-order valence-electron chi connectivity index (χ4n) is 1.08.